The van der Waals surface area contributed by atoms with E-state index < -0.39 is 0 Å². The Morgan fingerprint density at radius 3 is 3.10 bits per heavy atom. The number of hydrogen-bond acceptors (Lipinski definition) is 7. The summed E-state index contributed by atoms with van der Waals surface area (Å²) in [6.45, 7) is 3.99. The lowest BCUT2D eigenvalue weighted by atomic mass is 10.0. The molecule has 7 nitrogen and oxygen atoms in total. The maximum absolute atomic E-state index is 9.89. The predicted molar refractivity (Wildman–Crippen MR) is 117 cm³/mol. The Hall–Kier alpha value is -3.15. The van der Waals surface area contributed by atoms with Gasteiger partial charge in [-0.3, -0.25) is 0 Å². The Labute approximate surface area is 172 Å². The molecule has 1 saturated heterocycles. The van der Waals surface area contributed by atoms with Gasteiger partial charge in [-0.1, -0.05) is 0 Å². The van der Waals surface area contributed by atoms with Gasteiger partial charge in [0.15, 0.2) is 0 Å². The van der Waals surface area contributed by atoms with Crippen LogP contribution in [0.2, 0.25) is 0 Å². The van der Waals surface area contributed by atoms with E-state index in [1.807, 2.05) is 35.1 Å². The van der Waals surface area contributed by atoms with Crippen molar-refractivity contribution < 1.29 is 0 Å². The van der Waals surface area contributed by atoms with Gasteiger partial charge in [0, 0.05) is 23.8 Å². The lowest BCUT2D eigenvalue weighted by molar-refractivity contribution is 0.479. The summed E-state index contributed by atoms with van der Waals surface area (Å²) in [5.41, 5.74) is 7.11. The minimum absolute atomic E-state index is 0.307. The molecule has 3 N–H and O–H groups in total. The molecular weight excluding hydrogens is 382 g/mol. The highest BCUT2D eigenvalue weighted by molar-refractivity contribution is 7.16. The molecule has 0 aliphatic carbocycles. The molecule has 146 valence electrons. The molecule has 0 spiro atoms. The van der Waals surface area contributed by atoms with Crippen molar-refractivity contribution in [3.8, 4) is 6.07 Å². The first kappa shape index (κ1) is 17.9. The first-order valence-electron chi connectivity index (χ1n) is 9.72. The zero-order valence-corrected chi connectivity index (χ0v) is 16.9. The number of nitrogens with zero attached hydrogens (tertiary/aromatic N) is 4. The Kier molecular flexibility index (Phi) is 4.54. The van der Waals surface area contributed by atoms with Crippen LogP contribution >= 0.6 is 11.3 Å². The summed E-state index contributed by atoms with van der Waals surface area (Å²) >= 11 is 1.62. The number of anilines is 3. The third-order valence-corrected chi connectivity index (χ3v) is 6.23. The van der Waals surface area contributed by atoms with Gasteiger partial charge in [-0.25, -0.2) is 9.50 Å². The molecule has 0 radical (unpaired) electrons. The predicted octanol–water partition coefficient (Wildman–Crippen LogP) is 4.03. The molecule has 5 rings (SSSR count). The smallest absolute Gasteiger partial charge is 0.137 e. The Bertz CT molecular complexity index is 1230. The molecule has 4 heterocycles. The number of nitrogens with one attached hydrogen (secondary N) is 3. The molecule has 4 aromatic rings. The van der Waals surface area contributed by atoms with Crippen LogP contribution in [0.1, 0.15) is 24.0 Å². The molecule has 29 heavy (non-hydrogen) atoms. The number of benzene rings is 1. The van der Waals surface area contributed by atoms with Crippen LogP contribution in [-0.4, -0.2) is 33.7 Å². The summed E-state index contributed by atoms with van der Waals surface area (Å²) in [4.78, 5) is 4.35. The van der Waals surface area contributed by atoms with E-state index in [1.165, 1.54) is 0 Å². The van der Waals surface area contributed by atoms with Gasteiger partial charge >= 0.3 is 0 Å². The monoisotopic (exact) mass is 403 g/mol. The second-order valence-electron chi connectivity index (χ2n) is 7.31. The van der Waals surface area contributed by atoms with Crippen LogP contribution in [-0.2, 0) is 0 Å². The number of hydrogen-bond donors (Lipinski definition) is 3. The second kappa shape index (κ2) is 7.35. The zero-order valence-electron chi connectivity index (χ0n) is 16.1. The van der Waals surface area contributed by atoms with E-state index in [4.69, 9.17) is 0 Å². The van der Waals surface area contributed by atoms with Crippen molar-refractivity contribution in [1.82, 2.24) is 19.9 Å². The van der Waals surface area contributed by atoms with E-state index in [9.17, 15) is 5.26 Å². The molecule has 8 heteroatoms. The van der Waals surface area contributed by atoms with Gasteiger partial charge in [0.2, 0.25) is 0 Å². The van der Waals surface area contributed by atoms with E-state index in [1.54, 1.807) is 17.5 Å². The molecule has 0 saturated carbocycles. The SMILES string of the molecule is Cc1c(N[C@H]2CCCNC2)c(C#N)c2ccnn2c1Nc1ccc2ncsc2c1. The summed E-state index contributed by atoms with van der Waals surface area (Å²) in [7, 11) is 0. The molecule has 1 aliphatic heterocycles. The third-order valence-electron chi connectivity index (χ3n) is 5.44. The van der Waals surface area contributed by atoms with E-state index in [-0.39, 0.29) is 0 Å². The van der Waals surface area contributed by atoms with E-state index in [0.29, 0.717) is 11.6 Å². The lowest BCUT2D eigenvalue weighted by Crippen LogP contribution is -2.38. The van der Waals surface area contributed by atoms with Crippen molar-refractivity contribution in [3.05, 3.63) is 47.1 Å². The number of aromatic nitrogens is 3. The van der Waals surface area contributed by atoms with Crippen molar-refractivity contribution in [2.45, 2.75) is 25.8 Å². The van der Waals surface area contributed by atoms with Gasteiger partial charge in [-0.05, 0) is 50.6 Å². The highest BCUT2D eigenvalue weighted by Crippen LogP contribution is 2.34. The largest absolute Gasteiger partial charge is 0.380 e. The molecule has 0 amide bonds. The maximum atomic E-state index is 9.89. The van der Waals surface area contributed by atoms with Gasteiger partial charge in [-0.2, -0.15) is 10.4 Å². The molecule has 1 atom stereocenters. The fourth-order valence-electron chi connectivity index (χ4n) is 3.95. The average Bonchev–Trinajstić information content (AvgIpc) is 3.41. The van der Waals surface area contributed by atoms with Crippen LogP contribution in [0.15, 0.2) is 36.0 Å². The lowest BCUT2D eigenvalue weighted by Gasteiger charge is -2.27. The van der Waals surface area contributed by atoms with Crippen molar-refractivity contribution >= 4 is 44.3 Å². The topological polar surface area (TPSA) is 90.1 Å². The summed E-state index contributed by atoms with van der Waals surface area (Å²) in [5, 5.41) is 25.0. The first-order valence-corrected chi connectivity index (χ1v) is 10.6. The first-order chi connectivity index (χ1) is 14.2. The number of pyridine rings is 1. The van der Waals surface area contributed by atoms with Crippen LogP contribution in [0.5, 0.6) is 0 Å². The number of nitriles is 1. The van der Waals surface area contributed by atoms with Crippen LogP contribution in [0.3, 0.4) is 0 Å². The van der Waals surface area contributed by atoms with E-state index >= 15 is 0 Å². The summed E-state index contributed by atoms with van der Waals surface area (Å²) in [6.07, 6.45) is 3.96. The number of piperidine rings is 1. The van der Waals surface area contributed by atoms with Gasteiger partial charge in [0.1, 0.15) is 17.5 Å². The Balaban J connectivity index is 1.61. The molecular formula is C21H21N7S. The zero-order chi connectivity index (χ0) is 19.8. The molecule has 0 bridgehead atoms. The third kappa shape index (κ3) is 3.18. The standard InChI is InChI=1S/C21H21N7S/c1-13-20(26-15-3-2-7-23-11-15)16(10-22)18-6-8-25-28(18)21(13)27-14-4-5-17-19(9-14)29-12-24-17/h4-6,8-9,12,15,23,26-27H,2-3,7,11H2,1H3/t15-/m0/s1. The molecule has 1 fully saturated rings. The number of fused-ring (bicyclic) bond motifs is 2. The van der Waals surface area contributed by atoms with Crippen molar-refractivity contribution in [2.24, 2.45) is 0 Å². The highest BCUT2D eigenvalue weighted by Gasteiger charge is 2.21. The summed E-state index contributed by atoms with van der Waals surface area (Å²) in [5.74, 6) is 0.860. The second-order valence-corrected chi connectivity index (χ2v) is 8.20. The summed E-state index contributed by atoms with van der Waals surface area (Å²) < 4.78 is 2.94. The maximum Gasteiger partial charge on any atom is 0.137 e. The molecule has 1 aliphatic rings. The fourth-order valence-corrected chi connectivity index (χ4v) is 4.67. The number of thiazole rings is 1. The minimum Gasteiger partial charge on any atom is -0.380 e. The molecule has 1 aromatic carbocycles. The van der Waals surface area contributed by atoms with Gasteiger partial charge in [0.05, 0.1) is 33.1 Å². The van der Waals surface area contributed by atoms with Crippen LogP contribution in [0.25, 0.3) is 15.7 Å². The quantitative estimate of drug-likeness (QED) is 0.477. The Morgan fingerprint density at radius 1 is 1.34 bits per heavy atom. The van der Waals surface area contributed by atoms with Crippen LogP contribution in [0, 0.1) is 18.3 Å². The molecule has 3 aromatic heterocycles. The highest BCUT2D eigenvalue weighted by atomic mass is 32.1. The minimum atomic E-state index is 0.307. The molecule has 0 unspecified atom stereocenters. The van der Waals surface area contributed by atoms with Crippen molar-refractivity contribution in [3.63, 3.8) is 0 Å². The normalized spacial score (nSPS) is 16.8. The van der Waals surface area contributed by atoms with Gasteiger partial charge < -0.3 is 16.0 Å². The average molecular weight is 404 g/mol. The van der Waals surface area contributed by atoms with Gasteiger partial charge in [-0.15, -0.1) is 11.3 Å². The van der Waals surface area contributed by atoms with E-state index in [0.717, 1.165) is 64.4 Å². The van der Waals surface area contributed by atoms with Gasteiger partial charge in [0.25, 0.3) is 0 Å². The van der Waals surface area contributed by atoms with E-state index in [2.05, 4.69) is 38.2 Å². The van der Waals surface area contributed by atoms with Crippen molar-refractivity contribution in [2.75, 3.05) is 23.7 Å². The van der Waals surface area contributed by atoms with Crippen LogP contribution < -0.4 is 16.0 Å². The van der Waals surface area contributed by atoms with Crippen LogP contribution in [0.4, 0.5) is 17.2 Å². The van der Waals surface area contributed by atoms with Crippen molar-refractivity contribution in [1.29, 1.82) is 5.26 Å². The fraction of sp³-hybridized carbons (Fsp3) is 0.286. The Morgan fingerprint density at radius 2 is 2.28 bits per heavy atom. The summed E-state index contributed by atoms with van der Waals surface area (Å²) in [6, 6.07) is 10.7. The number of rotatable bonds is 4.